The first-order valence-corrected chi connectivity index (χ1v) is 8.99. The zero-order valence-electron chi connectivity index (χ0n) is 15.3. The molecular weight excluding hydrogens is 366 g/mol. The maximum Gasteiger partial charge on any atom is 0.331 e. The number of carbonyl (C=O) groups excluding carboxylic acids is 2. The second-order valence-electron chi connectivity index (χ2n) is 5.76. The third kappa shape index (κ3) is 6.79. The van der Waals surface area contributed by atoms with Gasteiger partial charge in [0.25, 0.3) is 5.91 Å². The van der Waals surface area contributed by atoms with Gasteiger partial charge in [-0.1, -0.05) is 41.9 Å². The number of hydrogen-bond donors (Lipinski definition) is 1. The molecule has 2 rings (SSSR count). The number of benzene rings is 2. The SMILES string of the molecule is CCOc1ccccc1/C=C/C(=O)OCC(=O)N[C@@H](C)c1cccc(Cl)c1. The summed E-state index contributed by atoms with van der Waals surface area (Å²) in [5.41, 5.74) is 1.63. The van der Waals surface area contributed by atoms with Crippen LogP contribution in [0.2, 0.25) is 5.02 Å². The minimum absolute atomic E-state index is 0.247. The highest BCUT2D eigenvalue weighted by Gasteiger charge is 2.11. The smallest absolute Gasteiger partial charge is 0.331 e. The van der Waals surface area contributed by atoms with E-state index < -0.39 is 5.97 Å². The van der Waals surface area contributed by atoms with E-state index in [2.05, 4.69) is 5.32 Å². The lowest BCUT2D eigenvalue weighted by Crippen LogP contribution is -2.30. The number of carbonyl (C=O) groups is 2. The Hall–Kier alpha value is -2.79. The van der Waals surface area contributed by atoms with Gasteiger partial charge in [0.15, 0.2) is 6.61 Å². The van der Waals surface area contributed by atoms with E-state index in [1.54, 1.807) is 18.2 Å². The predicted octanol–water partition coefficient (Wildman–Crippen LogP) is 4.17. The summed E-state index contributed by atoms with van der Waals surface area (Å²) in [6.45, 7) is 3.88. The highest BCUT2D eigenvalue weighted by Crippen LogP contribution is 2.19. The zero-order chi connectivity index (χ0) is 19.6. The summed E-state index contributed by atoms with van der Waals surface area (Å²) in [5, 5.41) is 3.35. The molecule has 0 aromatic heterocycles. The van der Waals surface area contributed by atoms with Gasteiger partial charge in [-0.25, -0.2) is 4.79 Å². The van der Waals surface area contributed by atoms with Crippen molar-refractivity contribution in [1.29, 1.82) is 0 Å². The Morgan fingerprint density at radius 3 is 2.70 bits per heavy atom. The molecule has 2 aromatic rings. The van der Waals surface area contributed by atoms with Gasteiger partial charge in [0.1, 0.15) is 5.75 Å². The molecule has 5 nitrogen and oxygen atoms in total. The van der Waals surface area contributed by atoms with Crippen molar-refractivity contribution in [3.8, 4) is 5.75 Å². The third-order valence-corrected chi connectivity index (χ3v) is 3.92. The summed E-state index contributed by atoms with van der Waals surface area (Å²) in [5.74, 6) is -0.317. The molecule has 2 aromatic carbocycles. The zero-order valence-corrected chi connectivity index (χ0v) is 16.0. The molecule has 142 valence electrons. The molecule has 27 heavy (non-hydrogen) atoms. The van der Waals surface area contributed by atoms with Crippen LogP contribution in [0.4, 0.5) is 0 Å². The Morgan fingerprint density at radius 2 is 1.96 bits per heavy atom. The number of esters is 1. The molecule has 0 unspecified atom stereocenters. The van der Waals surface area contributed by atoms with E-state index in [-0.39, 0.29) is 18.6 Å². The first-order valence-electron chi connectivity index (χ1n) is 8.61. The Bertz CT molecular complexity index is 819. The van der Waals surface area contributed by atoms with Gasteiger partial charge in [-0.15, -0.1) is 0 Å². The summed E-state index contributed by atoms with van der Waals surface area (Å²) >= 11 is 5.95. The van der Waals surface area contributed by atoms with Crippen LogP contribution in [0.5, 0.6) is 5.75 Å². The molecule has 0 spiro atoms. The summed E-state index contributed by atoms with van der Waals surface area (Å²) in [4.78, 5) is 23.8. The minimum atomic E-state index is -0.605. The molecule has 0 radical (unpaired) electrons. The van der Waals surface area contributed by atoms with Gasteiger partial charge in [0.05, 0.1) is 12.6 Å². The minimum Gasteiger partial charge on any atom is -0.493 e. The van der Waals surface area contributed by atoms with Gasteiger partial charge >= 0.3 is 5.97 Å². The van der Waals surface area contributed by atoms with Gasteiger partial charge in [-0.2, -0.15) is 0 Å². The fourth-order valence-corrected chi connectivity index (χ4v) is 2.59. The van der Waals surface area contributed by atoms with Crippen molar-refractivity contribution in [2.75, 3.05) is 13.2 Å². The number of para-hydroxylation sites is 1. The van der Waals surface area contributed by atoms with Crippen LogP contribution in [-0.4, -0.2) is 25.1 Å². The largest absolute Gasteiger partial charge is 0.493 e. The molecule has 1 amide bonds. The van der Waals surface area contributed by atoms with Gasteiger partial charge in [-0.05, 0) is 43.7 Å². The Labute approximate surface area is 163 Å². The Balaban J connectivity index is 1.83. The average molecular weight is 388 g/mol. The van der Waals surface area contributed by atoms with Gasteiger partial charge < -0.3 is 14.8 Å². The van der Waals surface area contributed by atoms with Crippen LogP contribution in [0.3, 0.4) is 0 Å². The molecule has 1 atom stereocenters. The van der Waals surface area contributed by atoms with Crippen LogP contribution in [0.15, 0.2) is 54.6 Å². The van der Waals surface area contributed by atoms with Crippen molar-refractivity contribution in [2.24, 2.45) is 0 Å². The van der Waals surface area contributed by atoms with Crippen LogP contribution in [0, 0.1) is 0 Å². The fourth-order valence-electron chi connectivity index (χ4n) is 2.39. The quantitative estimate of drug-likeness (QED) is 0.545. The first kappa shape index (κ1) is 20.5. The summed E-state index contributed by atoms with van der Waals surface area (Å²) < 4.78 is 10.5. The van der Waals surface area contributed by atoms with Gasteiger partial charge in [0.2, 0.25) is 0 Å². The highest BCUT2D eigenvalue weighted by atomic mass is 35.5. The Morgan fingerprint density at radius 1 is 1.19 bits per heavy atom. The fraction of sp³-hybridized carbons (Fsp3) is 0.238. The van der Waals surface area contributed by atoms with E-state index in [1.807, 2.05) is 50.2 Å². The molecule has 0 aliphatic carbocycles. The standard InChI is InChI=1S/C21H22ClNO4/c1-3-26-19-10-5-4-7-16(19)11-12-21(25)27-14-20(24)23-15(2)17-8-6-9-18(22)13-17/h4-13,15H,3,14H2,1-2H3,(H,23,24)/b12-11+/t15-/m0/s1. The molecular formula is C21H22ClNO4. The van der Waals surface area contributed by atoms with Crippen LogP contribution < -0.4 is 10.1 Å². The second kappa shape index (κ2) is 10.4. The Kier molecular flexibility index (Phi) is 7.89. The van der Waals surface area contributed by atoms with Crippen molar-refractivity contribution >= 4 is 29.6 Å². The number of amides is 1. The lowest BCUT2D eigenvalue weighted by Gasteiger charge is -2.14. The van der Waals surface area contributed by atoms with E-state index >= 15 is 0 Å². The molecule has 0 saturated carbocycles. The number of nitrogens with one attached hydrogen (secondary N) is 1. The van der Waals surface area contributed by atoms with Crippen LogP contribution in [0.25, 0.3) is 6.08 Å². The van der Waals surface area contributed by atoms with Crippen molar-refractivity contribution in [3.05, 3.63) is 70.8 Å². The number of rotatable bonds is 8. The average Bonchev–Trinajstić information content (AvgIpc) is 2.66. The monoisotopic (exact) mass is 387 g/mol. The molecule has 0 aliphatic heterocycles. The highest BCUT2D eigenvalue weighted by molar-refractivity contribution is 6.30. The number of ether oxygens (including phenoxy) is 2. The maximum atomic E-state index is 12.0. The molecule has 1 N–H and O–H groups in total. The number of halogens is 1. The van der Waals surface area contributed by atoms with E-state index in [9.17, 15) is 9.59 Å². The topological polar surface area (TPSA) is 64.6 Å². The van der Waals surface area contributed by atoms with E-state index in [4.69, 9.17) is 21.1 Å². The van der Waals surface area contributed by atoms with Crippen molar-refractivity contribution in [2.45, 2.75) is 19.9 Å². The maximum absolute atomic E-state index is 12.0. The van der Waals surface area contributed by atoms with E-state index in [0.29, 0.717) is 17.4 Å². The van der Waals surface area contributed by atoms with Crippen molar-refractivity contribution in [1.82, 2.24) is 5.32 Å². The molecule has 6 heteroatoms. The van der Waals surface area contributed by atoms with Gasteiger partial charge in [0, 0.05) is 16.7 Å². The molecule has 0 bridgehead atoms. The lowest BCUT2D eigenvalue weighted by atomic mass is 10.1. The van der Waals surface area contributed by atoms with E-state index in [0.717, 1.165) is 11.1 Å². The van der Waals surface area contributed by atoms with Crippen molar-refractivity contribution in [3.63, 3.8) is 0 Å². The second-order valence-corrected chi connectivity index (χ2v) is 6.19. The summed E-state index contributed by atoms with van der Waals surface area (Å²) in [6.07, 6.45) is 2.87. The van der Waals surface area contributed by atoms with Crippen LogP contribution in [-0.2, 0) is 14.3 Å². The van der Waals surface area contributed by atoms with Crippen LogP contribution in [0.1, 0.15) is 31.0 Å². The lowest BCUT2D eigenvalue weighted by molar-refractivity contribution is -0.144. The molecule has 0 fully saturated rings. The molecule has 0 saturated heterocycles. The van der Waals surface area contributed by atoms with Crippen molar-refractivity contribution < 1.29 is 19.1 Å². The normalized spacial score (nSPS) is 11.8. The predicted molar refractivity (Wildman–Crippen MR) is 106 cm³/mol. The molecule has 0 heterocycles. The first-order chi connectivity index (χ1) is 13.0. The van der Waals surface area contributed by atoms with E-state index in [1.165, 1.54) is 6.08 Å². The number of hydrogen-bond acceptors (Lipinski definition) is 4. The third-order valence-electron chi connectivity index (χ3n) is 3.69. The summed E-state index contributed by atoms with van der Waals surface area (Å²) in [6, 6.07) is 14.3. The van der Waals surface area contributed by atoms with Gasteiger partial charge in [-0.3, -0.25) is 4.79 Å². The summed E-state index contributed by atoms with van der Waals surface area (Å²) in [7, 11) is 0. The molecule has 0 aliphatic rings. The van der Waals surface area contributed by atoms with Crippen LogP contribution >= 0.6 is 11.6 Å².